The maximum atomic E-state index is 13.6. The second-order valence-electron chi connectivity index (χ2n) is 9.65. The quantitative estimate of drug-likeness (QED) is 0.466. The Labute approximate surface area is 205 Å². The fourth-order valence-electron chi connectivity index (χ4n) is 5.61. The minimum atomic E-state index is -0.328. The van der Waals surface area contributed by atoms with Gasteiger partial charge in [-0.2, -0.15) is 0 Å². The predicted octanol–water partition coefficient (Wildman–Crippen LogP) is 5.58. The van der Waals surface area contributed by atoms with E-state index in [-0.39, 0.29) is 29.0 Å². The summed E-state index contributed by atoms with van der Waals surface area (Å²) in [4.78, 5) is 17.8. The van der Waals surface area contributed by atoms with E-state index in [1.165, 1.54) is 24.3 Å². The molecule has 2 saturated heterocycles. The number of halogens is 2. The number of carbonyl (C=O) groups is 1. The largest absolute Gasteiger partial charge is 0.497 e. The van der Waals surface area contributed by atoms with Gasteiger partial charge < -0.3 is 9.64 Å². The van der Waals surface area contributed by atoms with Crippen molar-refractivity contribution in [2.24, 2.45) is 5.41 Å². The predicted molar refractivity (Wildman–Crippen MR) is 131 cm³/mol. The van der Waals surface area contributed by atoms with Gasteiger partial charge in [0.15, 0.2) is 0 Å². The summed E-state index contributed by atoms with van der Waals surface area (Å²) in [6.07, 6.45) is 2.42. The normalized spacial score (nSPS) is 17.9. The first kappa shape index (κ1) is 23.5. The first-order valence-electron chi connectivity index (χ1n) is 12.1. The van der Waals surface area contributed by atoms with Crippen LogP contribution < -0.4 is 4.74 Å². The molecule has 0 aliphatic carbocycles. The van der Waals surface area contributed by atoms with E-state index >= 15 is 0 Å². The maximum Gasteiger partial charge on any atom is 0.229 e. The topological polar surface area (TPSA) is 32.8 Å². The molecule has 0 atom stereocenters. The molecule has 182 valence electrons. The van der Waals surface area contributed by atoms with E-state index in [0.717, 1.165) is 61.3 Å². The number of hydrogen-bond donors (Lipinski definition) is 0. The average molecular weight is 477 g/mol. The van der Waals surface area contributed by atoms with E-state index in [1.807, 2.05) is 29.2 Å². The van der Waals surface area contributed by atoms with Gasteiger partial charge in [-0.1, -0.05) is 36.4 Å². The third kappa shape index (κ3) is 4.80. The van der Waals surface area contributed by atoms with Crippen LogP contribution >= 0.6 is 0 Å². The lowest BCUT2D eigenvalue weighted by Gasteiger charge is -2.42. The summed E-state index contributed by atoms with van der Waals surface area (Å²) in [6.45, 7) is 2.85. The molecule has 0 saturated carbocycles. The van der Waals surface area contributed by atoms with Crippen LogP contribution in [-0.4, -0.2) is 42.5 Å². The van der Waals surface area contributed by atoms with Crippen LogP contribution in [-0.2, 0) is 11.3 Å². The summed E-state index contributed by atoms with van der Waals surface area (Å²) in [5.41, 5.74) is 2.67. The molecule has 5 rings (SSSR count). The van der Waals surface area contributed by atoms with Crippen molar-refractivity contribution < 1.29 is 18.3 Å². The number of carbonyl (C=O) groups excluding carboxylic acids is 1. The highest BCUT2D eigenvalue weighted by Gasteiger charge is 2.48. The van der Waals surface area contributed by atoms with Crippen molar-refractivity contribution in [1.82, 2.24) is 9.80 Å². The molecule has 3 aromatic carbocycles. The molecule has 0 unspecified atom stereocenters. The summed E-state index contributed by atoms with van der Waals surface area (Å²) in [6, 6.07) is 20.8. The van der Waals surface area contributed by atoms with Gasteiger partial charge in [0.2, 0.25) is 5.91 Å². The van der Waals surface area contributed by atoms with E-state index in [9.17, 15) is 13.6 Å². The smallest absolute Gasteiger partial charge is 0.229 e. The Bertz CT molecular complexity index is 1130. The minimum Gasteiger partial charge on any atom is -0.497 e. The third-order valence-corrected chi connectivity index (χ3v) is 7.60. The highest BCUT2D eigenvalue weighted by atomic mass is 19.1. The van der Waals surface area contributed by atoms with Gasteiger partial charge in [-0.25, -0.2) is 8.78 Å². The molecule has 35 heavy (non-hydrogen) atoms. The Morgan fingerprint density at radius 3 is 2.00 bits per heavy atom. The highest BCUT2D eigenvalue weighted by Crippen LogP contribution is 2.44. The summed E-state index contributed by atoms with van der Waals surface area (Å²) < 4.78 is 32.6. The van der Waals surface area contributed by atoms with Crippen LogP contribution in [0.5, 0.6) is 5.75 Å². The first-order valence-corrected chi connectivity index (χ1v) is 12.1. The number of rotatable bonds is 6. The Balaban J connectivity index is 1.31. The van der Waals surface area contributed by atoms with E-state index in [1.54, 1.807) is 31.4 Å². The Morgan fingerprint density at radius 1 is 0.857 bits per heavy atom. The number of methoxy groups -OCH3 is 1. The van der Waals surface area contributed by atoms with Crippen molar-refractivity contribution in [1.29, 1.82) is 0 Å². The van der Waals surface area contributed by atoms with Crippen LogP contribution in [0.25, 0.3) is 0 Å². The molecule has 3 aromatic rings. The summed E-state index contributed by atoms with van der Waals surface area (Å²) in [7, 11) is 1.65. The Kier molecular flexibility index (Phi) is 6.56. The third-order valence-electron chi connectivity index (χ3n) is 7.60. The van der Waals surface area contributed by atoms with Gasteiger partial charge in [0, 0.05) is 26.2 Å². The van der Waals surface area contributed by atoms with Crippen molar-refractivity contribution >= 4 is 5.91 Å². The lowest BCUT2D eigenvalue weighted by atomic mass is 9.76. The molecule has 2 aliphatic heterocycles. The number of likely N-dealkylation sites (tertiary alicyclic amines) is 2. The molecule has 6 heteroatoms. The van der Waals surface area contributed by atoms with E-state index in [4.69, 9.17) is 4.74 Å². The molecule has 1 spiro atoms. The van der Waals surface area contributed by atoms with Gasteiger partial charge >= 0.3 is 0 Å². The molecular formula is C29H30F2N2O2. The summed E-state index contributed by atoms with van der Waals surface area (Å²) in [5, 5.41) is 0. The zero-order valence-electron chi connectivity index (χ0n) is 19.9. The zero-order valence-corrected chi connectivity index (χ0v) is 19.9. The monoisotopic (exact) mass is 476 g/mol. The molecule has 2 heterocycles. The van der Waals surface area contributed by atoms with Gasteiger partial charge in [-0.05, 0) is 72.4 Å². The lowest BCUT2D eigenvalue weighted by Crippen LogP contribution is -2.45. The fraction of sp³-hybridized carbons (Fsp3) is 0.345. The van der Waals surface area contributed by atoms with Crippen molar-refractivity contribution in [2.75, 3.05) is 26.7 Å². The average Bonchev–Trinajstić information content (AvgIpc) is 3.17. The van der Waals surface area contributed by atoms with E-state index in [0.29, 0.717) is 6.54 Å². The second kappa shape index (κ2) is 9.78. The van der Waals surface area contributed by atoms with Gasteiger partial charge in [0.25, 0.3) is 0 Å². The van der Waals surface area contributed by atoms with Crippen LogP contribution in [0.4, 0.5) is 8.78 Å². The number of nitrogens with zero attached hydrogens (tertiary/aromatic N) is 2. The Morgan fingerprint density at radius 2 is 1.43 bits per heavy atom. The molecule has 2 fully saturated rings. The molecule has 0 bridgehead atoms. The summed E-state index contributed by atoms with van der Waals surface area (Å²) >= 11 is 0. The summed E-state index contributed by atoms with van der Waals surface area (Å²) in [5.74, 6) is 0.471. The molecule has 0 aromatic heterocycles. The van der Waals surface area contributed by atoms with Gasteiger partial charge in [0.1, 0.15) is 17.4 Å². The molecule has 2 aliphatic rings. The first-order chi connectivity index (χ1) is 17.0. The number of benzene rings is 3. The number of amides is 1. The van der Waals surface area contributed by atoms with Crippen LogP contribution in [0.1, 0.15) is 42.0 Å². The van der Waals surface area contributed by atoms with Crippen molar-refractivity contribution in [3.8, 4) is 5.75 Å². The Hall–Kier alpha value is -3.25. The van der Waals surface area contributed by atoms with Gasteiger partial charge in [-0.15, -0.1) is 0 Å². The standard InChI is InChI=1S/C29H30F2N2O2/c1-35-26-4-2-3-21(19-26)20-33-18-15-29(28(33)34)13-16-32(17-14-29)27(22-5-9-24(30)10-6-22)23-7-11-25(31)12-8-23/h2-12,19,27H,13-18,20H2,1H3. The fourth-order valence-corrected chi connectivity index (χ4v) is 5.61. The van der Waals surface area contributed by atoms with Crippen molar-refractivity contribution in [2.45, 2.75) is 31.8 Å². The molecule has 1 amide bonds. The molecule has 0 radical (unpaired) electrons. The van der Waals surface area contributed by atoms with Crippen LogP contribution in [0, 0.1) is 17.0 Å². The molecule has 0 N–H and O–H groups in total. The SMILES string of the molecule is COc1cccc(CN2CCC3(CCN(C(c4ccc(F)cc4)c4ccc(F)cc4)CC3)C2=O)c1. The number of hydrogen-bond acceptors (Lipinski definition) is 3. The van der Waals surface area contributed by atoms with Crippen LogP contribution in [0.2, 0.25) is 0 Å². The zero-order chi connectivity index (χ0) is 24.4. The number of piperidine rings is 1. The number of ether oxygens (including phenoxy) is 1. The highest BCUT2D eigenvalue weighted by molar-refractivity contribution is 5.85. The van der Waals surface area contributed by atoms with Crippen LogP contribution in [0.3, 0.4) is 0 Å². The van der Waals surface area contributed by atoms with Gasteiger partial charge in [-0.3, -0.25) is 9.69 Å². The molecular weight excluding hydrogens is 446 g/mol. The minimum absolute atomic E-state index is 0.113. The lowest BCUT2D eigenvalue weighted by molar-refractivity contribution is -0.139. The van der Waals surface area contributed by atoms with E-state index in [2.05, 4.69) is 4.90 Å². The maximum absolute atomic E-state index is 13.6. The van der Waals surface area contributed by atoms with Crippen LogP contribution in [0.15, 0.2) is 72.8 Å². The van der Waals surface area contributed by atoms with E-state index < -0.39 is 0 Å². The van der Waals surface area contributed by atoms with Crippen molar-refractivity contribution in [3.63, 3.8) is 0 Å². The van der Waals surface area contributed by atoms with Gasteiger partial charge in [0.05, 0.1) is 18.6 Å². The van der Waals surface area contributed by atoms with Crippen molar-refractivity contribution in [3.05, 3.63) is 101 Å². The molecule has 4 nitrogen and oxygen atoms in total. The second-order valence-corrected chi connectivity index (χ2v) is 9.65.